The molecule has 2 unspecified atom stereocenters. The van der Waals surface area contributed by atoms with Crippen LogP contribution in [0.2, 0.25) is 0 Å². The van der Waals surface area contributed by atoms with E-state index in [4.69, 9.17) is 13.9 Å². The van der Waals surface area contributed by atoms with Gasteiger partial charge in [0.2, 0.25) is 5.89 Å². The van der Waals surface area contributed by atoms with Gasteiger partial charge in [-0.15, -0.1) is 0 Å². The Kier molecular flexibility index (Phi) is 7.14. The van der Waals surface area contributed by atoms with Crippen molar-refractivity contribution in [1.29, 1.82) is 0 Å². The topological polar surface area (TPSA) is 88.9 Å². The number of nitrogens with zero attached hydrogens (tertiary/aromatic N) is 2. The Hall–Kier alpha value is -3.52. The molecule has 0 radical (unpaired) electrons. The minimum atomic E-state index is -0.254. The molecule has 1 aliphatic heterocycles. The van der Waals surface area contributed by atoms with E-state index in [2.05, 4.69) is 34.4 Å². The Labute approximate surface area is 193 Å². The largest absolute Gasteiger partial charge is 0.497 e. The van der Waals surface area contributed by atoms with Gasteiger partial charge in [0.25, 0.3) is 0 Å². The van der Waals surface area contributed by atoms with Gasteiger partial charge in [-0.05, 0) is 50.2 Å². The molecule has 2 heterocycles. The highest BCUT2D eigenvalue weighted by atomic mass is 16.5. The molecule has 1 fully saturated rings. The number of oxazole rings is 1. The predicted octanol–water partition coefficient (Wildman–Crippen LogP) is 4.33. The van der Waals surface area contributed by atoms with E-state index in [1.54, 1.807) is 13.4 Å². The average molecular weight is 451 g/mol. The molecule has 4 rings (SSSR count). The maximum Gasteiger partial charge on any atom is 0.319 e. The molecule has 1 saturated heterocycles. The van der Waals surface area contributed by atoms with Crippen LogP contribution in [-0.2, 0) is 11.2 Å². The van der Waals surface area contributed by atoms with Crippen molar-refractivity contribution in [1.82, 2.24) is 10.3 Å². The van der Waals surface area contributed by atoms with Crippen LogP contribution in [0.5, 0.6) is 5.75 Å². The summed E-state index contributed by atoms with van der Waals surface area (Å²) in [6.07, 6.45) is 2.46. The fourth-order valence-corrected chi connectivity index (χ4v) is 3.99. The molecule has 0 bridgehead atoms. The van der Waals surface area contributed by atoms with Gasteiger partial charge in [0.05, 0.1) is 36.4 Å². The summed E-state index contributed by atoms with van der Waals surface area (Å²) in [6, 6.07) is 15.1. The van der Waals surface area contributed by atoms with E-state index in [-0.39, 0.29) is 18.2 Å². The third-order valence-corrected chi connectivity index (χ3v) is 5.47. The lowest BCUT2D eigenvalue weighted by atomic mass is 10.1. The van der Waals surface area contributed by atoms with Crippen molar-refractivity contribution in [2.75, 3.05) is 37.0 Å². The van der Waals surface area contributed by atoms with E-state index in [1.807, 2.05) is 48.5 Å². The number of hydrogen-bond acceptors (Lipinski definition) is 6. The molecule has 1 aliphatic rings. The zero-order chi connectivity index (χ0) is 23.2. The summed E-state index contributed by atoms with van der Waals surface area (Å²) in [5, 5.41) is 5.88. The van der Waals surface area contributed by atoms with Crippen molar-refractivity contribution < 1.29 is 18.7 Å². The van der Waals surface area contributed by atoms with E-state index in [9.17, 15) is 4.79 Å². The summed E-state index contributed by atoms with van der Waals surface area (Å²) < 4.78 is 16.6. The van der Waals surface area contributed by atoms with Gasteiger partial charge in [-0.1, -0.05) is 12.1 Å². The molecule has 8 heteroatoms. The summed E-state index contributed by atoms with van der Waals surface area (Å²) in [4.78, 5) is 19.3. The van der Waals surface area contributed by atoms with Crippen LogP contribution in [0, 0.1) is 0 Å². The first-order valence-electron chi connectivity index (χ1n) is 11.1. The summed E-state index contributed by atoms with van der Waals surface area (Å²) in [5.74, 6) is 1.32. The average Bonchev–Trinajstić information content (AvgIpc) is 3.28. The Balaban J connectivity index is 1.30. The summed E-state index contributed by atoms with van der Waals surface area (Å²) in [6.45, 7) is 6.14. The van der Waals surface area contributed by atoms with Crippen LogP contribution in [0.25, 0.3) is 11.5 Å². The van der Waals surface area contributed by atoms with Crippen LogP contribution < -0.4 is 20.3 Å². The number of amides is 2. The number of nitrogens with one attached hydrogen (secondary N) is 2. The molecule has 3 aromatic rings. The van der Waals surface area contributed by atoms with Gasteiger partial charge in [-0.2, -0.15) is 0 Å². The second-order valence-corrected chi connectivity index (χ2v) is 8.18. The number of anilines is 2. The first kappa shape index (κ1) is 22.7. The van der Waals surface area contributed by atoms with Crippen LogP contribution in [0.15, 0.2) is 59.2 Å². The number of urea groups is 1. The summed E-state index contributed by atoms with van der Waals surface area (Å²) in [5.41, 5.74) is 3.42. The first-order valence-corrected chi connectivity index (χ1v) is 11.1. The Bertz CT molecular complexity index is 1060. The number of aromatic nitrogens is 1. The molecule has 1 aromatic heterocycles. The number of carbonyl (C=O) groups excluding carboxylic acids is 1. The number of methoxy groups -OCH3 is 1. The molecule has 2 atom stereocenters. The van der Waals surface area contributed by atoms with Gasteiger partial charge in [0, 0.05) is 31.6 Å². The second-order valence-electron chi connectivity index (χ2n) is 8.18. The van der Waals surface area contributed by atoms with Crippen molar-refractivity contribution in [3.05, 3.63) is 60.5 Å². The fourth-order valence-electron chi connectivity index (χ4n) is 3.99. The quantitative estimate of drug-likeness (QED) is 0.557. The second kappa shape index (κ2) is 10.4. The number of para-hydroxylation sites is 2. The number of hydrogen-bond donors (Lipinski definition) is 2. The van der Waals surface area contributed by atoms with Gasteiger partial charge >= 0.3 is 6.03 Å². The van der Waals surface area contributed by atoms with Gasteiger partial charge in [-0.25, -0.2) is 9.78 Å². The third kappa shape index (κ3) is 5.84. The van der Waals surface area contributed by atoms with Crippen LogP contribution >= 0.6 is 0 Å². The lowest BCUT2D eigenvalue weighted by molar-refractivity contribution is -0.00517. The summed E-state index contributed by atoms with van der Waals surface area (Å²) >= 11 is 0. The zero-order valence-corrected chi connectivity index (χ0v) is 19.2. The number of rotatable bonds is 7. The molecule has 0 aliphatic carbocycles. The SMILES string of the molecule is COc1ccc(-c2nc(CCNC(=O)Nc3ccccc3N3CC(C)OC(C)C3)co2)cc1. The highest BCUT2D eigenvalue weighted by molar-refractivity contribution is 5.93. The molecule has 2 aromatic carbocycles. The lowest BCUT2D eigenvalue weighted by Gasteiger charge is -2.37. The van der Waals surface area contributed by atoms with E-state index in [1.165, 1.54) is 0 Å². The fraction of sp³-hybridized carbons (Fsp3) is 0.360. The molecule has 0 spiro atoms. The zero-order valence-electron chi connectivity index (χ0n) is 19.2. The predicted molar refractivity (Wildman–Crippen MR) is 128 cm³/mol. The minimum Gasteiger partial charge on any atom is -0.497 e. The third-order valence-electron chi connectivity index (χ3n) is 5.47. The van der Waals surface area contributed by atoms with E-state index in [0.717, 1.165) is 41.5 Å². The van der Waals surface area contributed by atoms with Gasteiger partial charge < -0.3 is 29.4 Å². The Morgan fingerprint density at radius 2 is 1.85 bits per heavy atom. The van der Waals surface area contributed by atoms with Crippen LogP contribution in [0.1, 0.15) is 19.5 Å². The van der Waals surface area contributed by atoms with E-state index < -0.39 is 0 Å². The molecule has 2 amide bonds. The van der Waals surface area contributed by atoms with Crippen LogP contribution in [0.3, 0.4) is 0 Å². The van der Waals surface area contributed by atoms with E-state index in [0.29, 0.717) is 18.9 Å². The maximum atomic E-state index is 12.5. The van der Waals surface area contributed by atoms with E-state index >= 15 is 0 Å². The van der Waals surface area contributed by atoms with Crippen molar-refractivity contribution in [2.24, 2.45) is 0 Å². The normalized spacial score (nSPS) is 18.1. The van der Waals surface area contributed by atoms with Crippen LogP contribution in [0.4, 0.5) is 16.2 Å². The van der Waals surface area contributed by atoms with Gasteiger partial charge in [0.15, 0.2) is 0 Å². The number of ether oxygens (including phenoxy) is 2. The maximum absolute atomic E-state index is 12.5. The smallest absolute Gasteiger partial charge is 0.319 e. The van der Waals surface area contributed by atoms with Crippen molar-refractivity contribution >= 4 is 17.4 Å². The first-order chi connectivity index (χ1) is 16.0. The van der Waals surface area contributed by atoms with Gasteiger partial charge in [-0.3, -0.25) is 0 Å². The Morgan fingerprint density at radius 3 is 2.58 bits per heavy atom. The molecule has 33 heavy (non-hydrogen) atoms. The molecular weight excluding hydrogens is 420 g/mol. The van der Waals surface area contributed by atoms with Crippen LogP contribution in [-0.4, -0.2) is 50.0 Å². The molecular formula is C25H30N4O4. The van der Waals surface area contributed by atoms with Crippen molar-refractivity contribution in [3.8, 4) is 17.2 Å². The molecule has 0 saturated carbocycles. The Morgan fingerprint density at radius 1 is 1.12 bits per heavy atom. The molecule has 8 nitrogen and oxygen atoms in total. The molecule has 2 N–H and O–H groups in total. The number of benzene rings is 2. The molecule has 174 valence electrons. The minimum absolute atomic E-state index is 0.140. The highest BCUT2D eigenvalue weighted by Crippen LogP contribution is 2.28. The lowest BCUT2D eigenvalue weighted by Crippen LogP contribution is -2.45. The standard InChI is InChI=1S/C25H30N4O4/c1-17-14-29(15-18(2)33-17)23-7-5-4-6-22(23)28-25(30)26-13-12-20-16-32-24(27-20)19-8-10-21(31-3)11-9-19/h4-11,16-18H,12-15H2,1-3H3,(H2,26,28,30). The van der Waals surface area contributed by atoms with Gasteiger partial charge in [0.1, 0.15) is 12.0 Å². The monoisotopic (exact) mass is 450 g/mol. The summed E-state index contributed by atoms with van der Waals surface area (Å²) in [7, 11) is 1.63. The highest BCUT2D eigenvalue weighted by Gasteiger charge is 2.24. The number of carbonyl (C=O) groups is 1. The number of morpholine rings is 1. The van der Waals surface area contributed by atoms with Crippen molar-refractivity contribution in [2.45, 2.75) is 32.5 Å². The van der Waals surface area contributed by atoms with Crippen molar-refractivity contribution in [3.63, 3.8) is 0 Å².